The molecule has 0 radical (unpaired) electrons. The number of carbonyl (C=O) groups excluding carboxylic acids is 2. The summed E-state index contributed by atoms with van der Waals surface area (Å²) in [4.78, 5) is 25.1. The van der Waals surface area contributed by atoms with Crippen LogP contribution < -0.4 is 15.0 Å². The molecule has 0 atom stereocenters. The van der Waals surface area contributed by atoms with Crippen LogP contribution in [0.5, 0.6) is 5.75 Å². The summed E-state index contributed by atoms with van der Waals surface area (Å²) < 4.78 is 10.1. The average molecular weight is 326 g/mol. The molecule has 6 heteroatoms. The quantitative estimate of drug-likeness (QED) is 0.842. The fraction of sp³-hybridized carbons (Fsp3) is 0.111. The highest BCUT2D eigenvalue weighted by atomic mass is 16.6. The first-order valence-corrected chi connectivity index (χ1v) is 7.25. The summed E-state index contributed by atoms with van der Waals surface area (Å²) >= 11 is 0. The Morgan fingerprint density at radius 3 is 2.62 bits per heavy atom. The molecule has 0 fully saturated rings. The molecule has 0 aliphatic heterocycles. The first-order valence-electron chi connectivity index (χ1n) is 7.25. The standard InChI is InChI=1S/C18H18N2O4/c1-3-12-23-17(21)19-14-8-7-11-16(13-14)24-18(22)20(2)15-9-5-4-6-10-15/h3-11,13H,1,12H2,2H3,(H,19,21). The van der Waals surface area contributed by atoms with Crippen molar-refractivity contribution in [1.29, 1.82) is 0 Å². The topological polar surface area (TPSA) is 67.9 Å². The van der Waals surface area contributed by atoms with Gasteiger partial charge < -0.3 is 9.47 Å². The number of anilines is 2. The molecule has 124 valence electrons. The summed E-state index contributed by atoms with van der Waals surface area (Å²) in [6.45, 7) is 3.57. The van der Waals surface area contributed by atoms with E-state index in [-0.39, 0.29) is 6.61 Å². The maximum atomic E-state index is 12.2. The zero-order valence-corrected chi connectivity index (χ0v) is 13.3. The molecule has 0 aliphatic carbocycles. The number of nitrogens with zero attached hydrogens (tertiary/aromatic N) is 1. The maximum absolute atomic E-state index is 12.2. The number of nitrogens with one attached hydrogen (secondary N) is 1. The third-order valence-corrected chi connectivity index (χ3v) is 3.04. The van der Waals surface area contributed by atoms with Gasteiger partial charge in [0.15, 0.2) is 0 Å². The van der Waals surface area contributed by atoms with Crippen LogP contribution >= 0.6 is 0 Å². The molecule has 0 saturated heterocycles. The lowest BCUT2D eigenvalue weighted by Gasteiger charge is -2.17. The van der Waals surface area contributed by atoms with E-state index in [9.17, 15) is 9.59 Å². The van der Waals surface area contributed by atoms with Crippen LogP contribution in [0.1, 0.15) is 0 Å². The predicted molar refractivity (Wildman–Crippen MR) is 92.5 cm³/mol. The van der Waals surface area contributed by atoms with Crippen molar-refractivity contribution >= 4 is 23.6 Å². The molecule has 0 spiro atoms. The van der Waals surface area contributed by atoms with E-state index in [1.807, 2.05) is 18.2 Å². The molecule has 0 unspecified atom stereocenters. The van der Waals surface area contributed by atoms with Crippen LogP contribution in [0.3, 0.4) is 0 Å². The molecule has 0 aromatic heterocycles. The van der Waals surface area contributed by atoms with Gasteiger partial charge in [-0.3, -0.25) is 10.2 Å². The molecule has 2 aromatic rings. The minimum absolute atomic E-state index is 0.113. The lowest BCUT2D eigenvalue weighted by molar-refractivity contribution is 0.174. The van der Waals surface area contributed by atoms with E-state index in [2.05, 4.69) is 11.9 Å². The van der Waals surface area contributed by atoms with Gasteiger partial charge in [0.05, 0.1) is 0 Å². The monoisotopic (exact) mass is 326 g/mol. The van der Waals surface area contributed by atoms with Gasteiger partial charge in [-0.15, -0.1) is 0 Å². The third-order valence-electron chi connectivity index (χ3n) is 3.04. The fourth-order valence-corrected chi connectivity index (χ4v) is 1.85. The average Bonchev–Trinajstić information content (AvgIpc) is 2.60. The third kappa shape index (κ3) is 4.88. The Labute approximate surface area is 140 Å². The predicted octanol–water partition coefficient (Wildman–Crippen LogP) is 4.06. The minimum Gasteiger partial charge on any atom is -0.445 e. The van der Waals surface area contributed by atoms with Gasteiger partial charge in [-0.25, -0.2) is 9.59 Å². The van der Waals surface area contributed by atoms with Crippen LogP contribution in [0.25, 0.3) is 0 Å². The lowest BCUT2D eigenvalue weighted by Crippen LogP contribution is -2.29. The van der Waals surface area contributed by atoms with E-state index in [1.165, 1.54) is 17.0 Å². The molecule has 2 amide bonds. The molecular weight excluding hydrogens is 308 g/mol. The van der Waals surface area contributed by atoms with Crippen LogP contribution in [0.2, 0.25) is 0 Å². The number of para-hydroxylation sites is 1. The number of hydrogen-bond acceptors (Lipinski definition) is 4. The second-order valence-electron chi connectivity index (χ2n) is 4.80. The van der Waals surface area contributed by atoms with Gasteiger partial charge in [-0.05, 0) is 24.3 Å². The SMILES string of the molecule is C=CCOC(=O)Nc1cccc(OC(=O)N(C)c2ccccc2)c1. The first-order chi connectivity index (χ1) is 11.6. The Hall–Kier alpha value is -3.28. The van der Waals surface area contributed by atoms with Crippen LogP contribution in [0.15, 0.2) is 67.3 Å². The summed E-state index contributed by atoms with van der Waals surface area (Å²) in [5.74, 6) is 0.310. The van der Waals surface area contributed by atoms with Crippen LogP contribution in [-0.2, 0) is 4.74 Å². The summed E-state index contributed by atoms with van der Waals surface area (Å²) in [6, 6.07) is 15.6. The van der Waals surface area contributed by atoms with Crippen LogP contribution in [0.4, 0.5) is 21.0 Å². The molecule has 24 heavy (non-hydrogen) atoms. The highest BCUT2D eigenvalue weighted by Crippen LogP contribution is 2.20. The maximum Gasteiger partial charge on any atom is 0.419 e. The fourth-order valence-electron chi connectivity index (χ4n) is 1.85. The van der Waals surface area contributed by atoms with Gasteiger partial charge in [0, 0.05) is 24.5 Å². The normalized spacial score (nSPS) is 9.71. The Kier molecular flexibility index (Phi) is 5.96. The van der Waals surface area contributed by atoms with E-state index < -0.39 is 12.2 Å². The second kappa shape index (κ2) is 8.38. The van der Waals surface area contributed by atoms with Gasteiger partial charge >= 0.3 is 12.2 Å². The van der Waals surface area contributed by atoms with Crippen molar-refractivity contribution in [2.75, 3.05) is 23.9 Å². The Morgan fingerprint density at radius 2 is 1.92 bits per heavy atom. The van der Waals surface area contributed by atoms with Crippen LogP contribution in [0, 0.1) is 0 Å². The minimum atomic E-state index is -0.611. The van der Waals surface area contributed by atoms with Crippen molar-refractivity contribution < 1.29 is 19.1 Å². The molecule has 6 nitrogen and oxygen atoms in total. The smallest absolute Gasteiger partial charge is 0.419 e. The molecule has 1 N–H and O–H groups in total. The zero-order valence-electron chi connectivity index (χ0n) is 13.3. The number of hydrogen-bond donors (Lipinski definition) is 1. The van der Waals surface area contributed by atoms with Gasteiger partial charge in [0.25, 0.3) is 0 Å². The Bertz CT molecular complexity index is 716. The molecule has 0 saturated carbocycles. The number of ether oxygens (including phenoxy) is 2. The van der Waals surface area contributed by atoms with Gasteiger partial charge in [-0.2, -0.15) is 0 Å². The second-order valence-corrected chi connectivity index (χ2v) is 4.80. The van der Waals surface area contributed by atoms with Crippen molar-refractivity contribution in [1.82, 2.24) is 0 Å². The summed E-state index contributed by atoms with van der Waals surface area (Å²) in [5.41, 5.74) is 1.17. The molecule has 0 aliphatic rings. The van der Waals surface area contributed by atoms with Crippen molar-refractivity contribution in [2.24, 2.45) is 0 Å². The molecule has 0 bridgehead atoms. The number of rotatable bonds is 5. The Morgan fingerprint density at radius 1 is 1.17 bits per heavy atom. The highest BCUT2D eigenvalue weighted by Gasteiger charge is 2.13. The Balaban J connectivity index is 1.99. The lowest BCUT2D eigenvalue weighted by atomic mass is 10.3. The molecule has 2 rings (SSSR count). The van der Waals surface area contributed by atoms with Gasteiger partial charge in [-0.1, -0.05) is 36.9 Å². The van der Waals surface area contributed by atoms with E-state index >= 15 is 0 Å². The van der Waals surface area contributed by atoms with E-state index in [0.29, 0.717) is 17.1 Å². The van der Waals surface area contributed by atoms with Crippen molar-refractivity contribution in [2.45, 2.75) is 0 Å². The first kappa shape index (κ1) is 17.1. The van der Waals surface area contributed by atoms with Crippen molar-refractivity contribution in [3.63, 3.8) is 0 Å². The van der Waals surface area contributed by atoms with Gasteiger partial charge in [0.2, 0.25) is 0 Å². The van der Waals surface area contributed by atoms with E-state index in [4.69, 9.17) is 9.47 Å². The molecular formula is C18H18N2O4. The molecule has 0 heterocycles. The number of benzene rings is 2. The zero-order chi connectivity index (χ0) is 17.4. The summed E-state index contributed by atoms with van der Waals surface area (Å²) in [5, 5.41) is 2.54. The summed E-state index contributed by atoms with van der Waals surface area (Å²) in [7, 11) is 1.62. The highest BCUT2D eigenvalue weighted by molar-refractivity contribution is 5.89. The number of amides is 2. The number of carbonyl (C=O) groups is 2. The van der Waals surface area contributed by atoms with E-state index in [0.717, 1.165) is 0 Å². The van der Waals surface area contributed by atoms with Crippen LogP contribution in [-0.4, -0.2) is 25.8 Å². The van der Waals surface area contributed by atoms with Crippen molar-refractivity contribution in [3.05, 3.63) is 67.3 Å². The molecule has 2 aromatic carbocycles. The largest absolute Gasteiger partial charge is 0.445 e. The van der Waals surface area contributed by atoms with Crippen molar-refractivity contribution in [3.8, 4) is 5.75 Å². The van der Waals surface area contributed by atoms with E-state index in [1.54, 1.807) is 37.4 Å². The summed E-state index contributed by atoms with van der Waals surface area (Å²) in [6.07, 6.45) is 0.323. The van der Waals surface area contributed by atoms with Gasteiger partial charge in [0.1, 0.15) is 12.4 Å².